The molecule has 1 saturated heterocycles. The van der Waals surface area contributed by atoms with Crippen LogP contribution in [0, 0.1) is 0 Å². The molecule has 23 heavy (non-hydrogen) atoms. The molecule has 1 atom stereocenters. The van der Waals surface area contributed by atoms with E-state index in [9.17, 15) is 4.79 Å². The van der Waals surface area contributed by atoms with Crippen molar-refractivity contribution in [3.05, 3.63) is 28.8 Å². The molecule has 0 unspecified atom stereocenters. The molecule has 0 radical (unpaired) electrons. The van der Waals surface area contributed by atoms with Crippen LogP contribution in [0.2, 0.25) is 5.02 Å². The van der Waals surface area contributed by atoms with Gasteiger partial charge < -0.3 is 14.6 Å². The normalized spacial score (nSPS) is 20.5. The number of hydrogen-bond donors (Lipinski definition) is 1. The highest BCUT2D eigenvalue weighted by Crippen LogP contribution is 2.30. The van der Waals surface area contributed by atoms with E-state index in [1.165, 1.54) is 0 Å². The first-order valence-electron chi connectivity index (χ1n) is 7.74. The lowest BCUT2D eigenvalue weighted by Gasteiger charge is -2.40. The molecule has 0 saturated carbocycles. The van der Waals surface area contributed by atoms with Gasteiger partial charge in [-0.05, 0) is 51.9 Å². The fourth-order valence-electron chi connectivity index (χ4n) is 2.93. The van der Waals surface area contributed by atoms with Crippen molar-refractivity contribution in [2.24, 2.45) is 0 Å². The fraction of sp³-hybridized carbons (Fsp3) is 0.588. The Morgan fingerprint density at radius 3 is 2.91 bits per heavy atom. The Hall–Kier alpha value is -1.30. The van der Waals surface area contributed by atoms with E-state index in [1.54, 1.807) is 12.1 Å². The Morgan fingerprint density at radius 2 is 2.26 bits per heavy atom. The lowest BCUT2D eigenvalue weighted by Crippen LogP contribution is -2.44. The highest BCUT2D eigenvalue weighted by molar-refractivity contribution is 6.30. The molecular weight excluding hydrogens is 318 g/mol. The summed E-state index contributed by atoms with van der Waals surface area (Å²) in [6.45, 7) is 5.25. The predicted octanol–water partition coefficient (Wildman–Crippen LogP) is 3.19. The van der Waals surface area contributed by atoms with Crippen molar-refractivity contribution < 1.29 is 19.4 Å². The Balaban J connectivity index is 2.08. The van der Waals surface area contributed by atoms with Gasteiger partial charge in [0.25, 0.3) is 0 Å². The van der Waals surface area contributed by atoms with E-state index in [-0.39, 0.29) is 12.2 Å². The molecule has 6 heteroatoms. The lowest BCUT2D eigenvalue weighted by molar-refractivity contribution is -0.139. The van der Waals surface area contributed by atoms with Crippen LogP contribution in [0.4, 0.5) is 0 Å². The maximum absolute atomic E-state index is 10.7. The van der Waals surface area contributed by atoms with E-state index in [0.717, 1.165) is 25.0 Å². The van der Waals surface area contributed by atoms with Crippen LogP contribution in [0.15, 0.2) is 18.2 Å². The van der Waals surface area contributed by atoms with Crippen LogP contribution < -0.4 is 4.74 Å². The lowest BCUT2D eigenvalue weighted by atomic mass is 9.93. The minimum absolute atomic E-state index is 0.117. The molecule has 0 aromatic heterocycles. The third-order valence-electron chi connectivity index (χ3n) is 4.09. The van der Waals surface area contributed by atoms with Gasteiger partial charge in [0.05, 0.1) is 5.60 Å². The van der Waals surface area contributed by atoms with Gasteiger partial charge in [-0.3, -0.25) is 4.90 Å². The minimum Gasteiger partial charge on any atom is -0.482 e. The van der Waals surface area contributed by atoms with Gasteiger partial charge in [0.1, 0.15) is 5.75 Å². The standard InChI is InChI=1S/C17H24ClNO4/c1-17(2)9-14(6-7-23-17)19(3)10-12-8-13(18)4-5-15(12)22-11-16(20)21/h4-5,8,14H,6-7,9-11H2,1-3H3,(H,20,21)/t14-/m0/s1. The third-order valence-corrected chi connectivity index (χ3v) is 4.32. The first-order chi connectivity index (χ1) is 10.8. The smallest absolute Gasteiger partial charge is 0.341 e. The quantitative estimate of drug-likeness (QED) is 0.861. The molecular formula is C17H24ClNO4. The number of ether oxygens (including phenoxy) is 2. The number of halogens is 1. The van der Waals surface area contributed by atoms with Crippen molar-refractivity contribution in [3.63, 3.8) is 0 Å². The van der Waals surface area contributed by atoms with Crippen molar-refractivity contribution in [1.82, 2.24) is 4.90 Å². The number of rotatable bonds is 6. The third kappa shape index (κ3) is 5.37. The van der Waals surface area contributed by atoms with Gasteiger partial charge >= 0.3 is 5.97 Å². The summed E-state index contributed by atoms with van der Waals surface area (Å²) in [6.07, 6.45) is 1.93. The number of aliphatic carboxylic acids is 1. The van der Waals surface area contributed by atoms with E-state index in [1.807, 2.05) is 6.07 Å². The molecule has 1 N–H and O–H groups in total. The van der Waals surface area contributed by atoms with Crippen LogP contribution in [0.3, 0.4) is 0 Å². The topological polar surface area (TPSA) is 59.0 Å². The van der Waals surface area contributed by atoms with Gasteiger partial charge in [0, 0.05) is 29.8 Å². The van der Waals surface area contributed by atoms with E-state index in [0.29, 0.717) is 23.4 Å². The van der Waals surface area contributed by atoms with E-state index >= 15 is 0 Å². The van der Waals surface area contributed by atoms with Crippen LogP contribution in [0.1, 0.15) is 32.3 Å². The largest absolute Gasteiger partial charge is 0.482 e. The minimum atomic E-state index is -0.995. The summed E-state index contributed by atoms with van der Waals surface area (Å²) >= 11 is 6.08. The number of hydrogen-bond acceptors (Lipinski definition) is 4. The van der Waals surface area contributed by atoms with Crippen molar-refractivity contribution in [1.29, 1.82) is 0 Å². The number of carbonyl (C=O) groups is 1. The SMILES string of the molecule is CN(Cc1cc(Cl)ccc1OCC(=O)O)[C@H]1CCOC(C)(C)C1. The average molecular weight is 342 g/mol. The van der Waals surface area contributed by atoms with E-state index in [2.05, 4.69) is 25.8 Å². The van der Waals surface area contributed by atoms with Gasteiger partial charge in [0.15, 0.2) is 6.61 Å². The monoisotopic (exact) mass is 341 g/mol. The number of benzene rings is 1. The van der Waals surface area contributed by atoms with Gasteiger partial charge in [-0.2, -0.15) is 0 Å². The number of carboxylic acid groups (broad SMARTS) is 1. The zero-order chi connectivity index (χ0) is 17.0. The zero-order valence-corrected chi connectivity index (χ0v) is 14.6. The van der Waals surface area contributed by atoms with Crippen LogP contribution in [0.25, 0.3) is 0 Å². The molecule has 1 aliphatic heterocycles. The summed E-state index contributed by atoms with van der Waals surface area (Å²) in [5.41, 5.74) is 0.777. The molecule has 1 fully saturated rings. The maximum atomic E-state index is 10.7. The fourth-order valence-corrected chi connectivity index (χ4v) is 3.12. The van der Waals surface area contributed by atoms with Crippen LogP contribution in [-0.2, 0) is 16.1 Å². The Bertz CT molecular complexity index is 562. The van der Waals surface area contributed by atoms with Gasteiger partial charge in [-0.15, -0.1) is 0 Å². The first kappa shape index (κ1) is 18.0. The first-order valence-corrected chi connectivity index (χ1v) is 8.12. The van der Waals surface area contributed by atoms with Crippen molar-refractivity contribution in [2.45, 2.75) is 44.9 Å². The predicted molar refractivity (Wildman–Crippen MR) is 89.1 cm³/mol. The second-order valence-electron chi connectivity index (χ2n) is 6.60. The van der Waals surface area contributed by atoms with Gasteiger partial charge in [-0.1, -0.05) is 11.6 Å². The van der Waals surface area contributed by atoms with Gasteiger partial charge in [-0.25, -0.2) is 4.79 Å². The highest BCUT2D eigenvalue weighted by atomic mass is 35.5. The Labute approximate surface area is 142 Å². The number of carboxylic acids is 1. The summed E-state index contributed by atoms with van der Waals surface area (Å²) in [5, 5.41) is 9.40. The summed E-state index contributed by atoms with van der Waals surface area (Å²) in [6, 6.07) is 5.67. The molecule has 0 amide bonds. The van der Waals surface area contributed by atoms with Crippen molar-refractivity contribution in [3.8, 4) is 5.75 Å². The molecule has 1 aromatic rings. The van der Waals surface area contributed by atoms with Gasteiger partial charge in [0.2, 0.25) is 0 Å². The molecule has 0 bridgehead atoms. The number of nitrogens with zero attached hydrogens (tertiary/aromatic N) is 1. The Kier molecular flexibility index (Phi) is 5.89. The maximum Gasteiger partial charge on any atom is 0.341 e. The molecule has 2 rings (SSSR count). The summed E-state index contributed by atoms with van der Waals surface area (Å²) in [5.74, 6) is -0.430. The second-order valence-corrected chi connectivity index (χ2v) is 7.04. The molecule has 0 spiro atoms. The molecule has 1 heterocycles. The highest BCUT2D eigenvalue weighted by Gasteiger charge is 2.31. The molecule has 128 valence electrons. The van der Waals surface area contributed by atoms with E-state index in [4.69, 9.17) is 26.2 Å². The molecule has 0 aliphatic carbocycles. The van der Waals surface area contributed by atoms with Crippen LogP contribution in [0.5, 0.6) is 5.75 Å². The van der Waals surface area contributed by atoms with Crippen LogP contribution >= 0.6 is 11.6 Å². The van der Waals surface area contributed by atoms with Crippen LogP contribution in [-0.4, -0.2) is 47.9 Å². The summed E-state index contributed by atoms with van der Waals surface area (Å²) in [4.78, 5) is 13.0. The van der Waals surface area contributed by atoms with E-state index < -0.39 is 5.97 Å². The summed E-state index contributed by atoms with van der Waals surface area (Å²) < 4.78 is 11.1. The molecule has 1 aromatic carbocycles. The molecule has 5 nitrogen and oxygen atoms in total. The second kappa shape index (κ2) is 7.51. The molecule has 1 aliphatic rings. The Morgan fingerprint density at radius 1 is 1.52 bits per heavy atom. The summed E-state index contributed by atoms with van der Waals surface area (Å²) in [7, 11) is 2.06. The van der Waals surface area contributed by atoms with Crippen molar-refractivity contribution in [2.75, 3.05) is 20.3 Å². The zero-order valence-electron chi connectivity index (χ0n) is 13.8. The average Bonchev–Trinajstić information content (AvgIpc) is 2.45. The van der Waals surface area contributed by atoms with Crippen molar-refractivity contribution >= 4 is 17.6 Å².